The average Bonchev–Trinajstić information content (AvgIpc) is 2.74. The second-order valence-electron chi connectivity index (χ2n) is 7.25. The van der Waals surface area contributed by atoms with Crippen LogP contribution in [0.1, 0.15) is 35.2 Å². The van der Waals surface area contributed by atoms with Crippen LogP contribution in [-0.4, -0.2) is 37.7 Å². The third-order valence-electron chi connectivity index (χ3n) is 5.28. The van der Waals surface area contributed by atoms with E-state index in [2.05, 4.69) is 10.6 Å². The average molecular weight is 379 g/mol. The molecule has 2 aliphatic rings. The Morgan fingerprint density at radius 1 is 1.04 bits per heavy atom. The van der Waals surface area contributed by atoms with Gasteiger partial charge in [-0.3, -0.25) is 4.79 Å². The molecule has 4 rings (SSSR count). The summed E-state index contributed by atoms with van der Waals surface area (Å²) in [4.78, 5) is 27.0. The second kappa shape index (κ2) is 8.44. The van der Waals surface area contributed by atoms with Gasteiger partial charge in [0.05, 0.1) is 0 Å². The van der Waals surface area contributed by atoms with Crippen LogP contribution in [0.3, 0.4) is 0 Å². The first-order valence-electron chi connectivity index (χ1n) is 9.86. The van der Waals surface area contributed by atoms with Gasteiger partial charge >= 0.3 is 6.03 Å². The topological polar surface area (TPSA) is 70.7 Å². The summed E-state index contributed by atoms with van der Waals surface area (Å²) in [6, 6.07) is 15.1. The maximum absolute atomic E-state index is 12.9. The van der Waals surface area contributed by atoms with Gasteiger partial charge in [0.2, 0.25) is 0 Å². The Kier molecular flexibility index (Phi) is 5.58. The van der Waals surface area contributed by atoms with E-state index >= 15 is 0 Å². The zero-order chi connectivity index (χ0) is 19.3. The van der Waals surface area contributed by atoms with Crippen LogP contribution >= 0.6 is 0 Å². The molecule has 2 aromatic carbocycles. The molecule has 0 bridgehead atoms. The van der Waals surface area contributed by atoms with Crippen LogP contribution in [0.25, 0.3) is 0 Å². The third-order valence-corrected chi connectivity index (χ3v) is 5.28. The number of ether oxygens (including phenoxy) is 1. The number of nitrogens with one attached hydrogen (secondary N) is 2. The molecule has 2 N–H and O–H groups in total. The molecule has 3 amide bonds. The van der Waals surface area contributed by atoms with Crippen molar-refractivity contribution in [3.63, 3.8) is 0 Å². The van der Waals surface area contributed by atoms with Gasteiger partial charge in [0.1, 0.15) is 0 Å². The number of aryl methyl sites for hydroxylation is 1. The Balaban J connectivity index is 1.45. The Bertz CT molecular complexity index is 847. The minimum atomic E-state index is -0.195. The second-order valence-corrected chi connectivity index (χ2v) is 7.25. The molecule has 0 unspecified atom stereocenters. The molecular formula is C22H25N3O3. The van der Waals surface area contributed by atoms with Crippen molar-refractivity contribution in [2.75, 3.05) is 30.0 Å². The zero-order valence-electron chi connectivity index (χ0n) is 15.8. The highest BCUT2D eigenvalue weighted by Gasteiger charge is 2.24. The number of benzene rings is 2. The Morgan fingerprint density at radius 2 is 1.82 bits per heavy atom. The van der Waals surface area contributed by atoms with E-state index in [-0.39, 0.29) is 18.0 Å². The van der Waals surface area contributed by atoms with Crippen LogP contribution in [0.15, 0.2) is 48.5 Å². The van der Waals surface area contributed by atoms with E-state index in [0.717, 1.165) is 42.6 Å². The smallest absolute Gasteiger partial charge is 0.319 e. The number of amides is 3. The first kappa shape index (κ1) is 18.5. The molecule has 0 aliphatic carbocycles. The lowest BCUT2D eigenvalue weighted by Gasteiger charge is -2.30. The van der Waals surface area contributed by atoms with E-state index in [4.69, 9.17) is 4.74 Å². The van der Waals surface area contributed by atoms with Crippen molar-refractivity contribution < 1.29 is 14.3 Å². The fourth-order valence-corrected chi connectivity index (χ4v) is 3.82. The number of rotatable bonds is 3. The fourth-order valence-electron chi connectivity index (χ4n) is 3.82. The van der Waals surface area contributed by atoms with Gasteiger partial charge in [-0.1, -0.05) is 18.2 Å². The molecule has 6 heteroatoms. The molecule has 28 heavy (non-hydrogen) atoms. The zero-order valence-corrected chi connectivity index (χ0v) is 15.8. The maximum Gasteiger partial charge on any atom is 0.319 e. The molecule has 2 heterocycles. The summed E-state index contributed by atoms with van der Waals surface area (Å²) in [5.41, 5.74) is 3.44. The van der Waals surface area contributed by atoms with E-state index in [1.165, 1.54) is 0 Å². The molecular weight excluding hydrogens is 354 g/mol. The molecule has 2 aromatic rings. The standard InChI is InChI=1S/C22H25N3O3/c26-21(16-5-2-1-3-6-16)25-12-4-7-17-15-19(8-9-20(17)25)24-22(27)23-18-10-13-28-14-11-18/h1-3,5-6,8-9,15,18H,4,7,10-14H2,(H2,23,24,27). The number of anilines is 2. The largest absolute Gasteiger partial charge is 0.381 e. The van der Waals surface area contributed by atoms with Gasteiger partial charge in [0.15, 0.2) is 0 Å². The SMILES string of the molecule is O=C(Nc1ccc2c(c1)CCCN2C(=O)c1ccccc1)NC1CCOCC1. The summed E-state index contributed by atoms with van der Waals surface area (Å²) >= 11 is 0. The number of urea groups is 1. The van der Waals surface area contributed by atoms with Gasteiger partial charge in [-0.05, 0) is 61.6 Å². The molecule has 0 spiro atoms. The molecule has 6 nitrogen and oxygen atoms in total. The highest BCUT2D eigenvalue weighted by Crippen LogP contribution is 2.31. The van der Waals surface area contributed by atoms with Gasteiger partial charge in [-0.15, -0.1) is 0 Å². The van der Waals surface area contributed by atoms with Crippen LogP contribution < -0.4 is 15.5 Å². The molecule has 0 saturated carbocycles. The molecule has 0 radical (unpaired) electrons. The van der Waals surface area contributed by atoms with Crippen LogP contribution in [0.5, 0.6) is 0 Å². The van der Waals surface area contributed by atoms with Gasteiger partial charge in [-0.25, -0.2) is 4.79 Å². The highest BCUT2D eigenvalue weighted by molar-refractivity contribution is 6.07. The van der Waals surface area contributed by atoms with Crippen molar-refractivity contribution in [3.05, 3.63) is 59.7 Å². The minimum absolute atomic E-state index is 0.0134. The Labute approximate surface area is 164 Å². The first-order valence-corrected chi connectivity index (χ1v) is 9.86. The number of nitrogens with zero attached hydrogens (tertiary/aromatic N) is 1. The lowest BCUT2D eigenvalue weighted by molar-refractivity contribution is 0.0806. The summed E-state index contributed by atoms with van der Waals surface area (Å²) in [7, 11) is 0. The lowest BCUT2D eigenvalue weighted by atomic mass is 10.00. The number of hydrogen-bond acceptors (Lipinski definition) is 3. The number of carbonyl (C=O) groups is 2. The van der Waals surface area contributed by atoms with Crippen LogP contribution in [-0.2, 0) is 11.2 Å². The summed E-state index contributed by atoms with van der Waals surface area (Å²) in [5.74, 6) is 0.0134. The van der Waals surface area contributed by atoms with E-state index in [0.29, 0.717) is 25.3 Å². The molecule has 1 saturated heterocycles. The number of carbonyl (C=O) groups excluding carboxylic acids is 2. The number of hydrogen-bond donors (Lipinski definition) is 2. The summed E-state index contributed by atoms with van der Waals surface area (Å²) in [6.45, 7) is 2.09. The summed E-state index contributed by atoms with van der Waals surface area (Å²) < 4.78 is 5.32. The van der Waals surface area contributed by atoms with Gasteiger partial charge in [0, 0.05) is 42.7 Å². The van der Waals surface area contributed by atoms with Crippen molar-refractivity contribution in [2.24, 2.45) is 0 Å². The molecule has 0 atom stereocenters. The van der Waals surface area contributed by atoms with Gasteiger partial charge in [-0.2, -0.15) is 0 Å². The fraction of sp³-hybridized carbons (Fsp3) is 0.364. The molecule has 146 valence electrons. The summed E-state index contributed by atoms with van der Waals surface area (Å²) in [6.07, 6.45) is 3.48. The minimum Gasteiger partial charge on any atom is -0.381 e. The quantitative estimate of drug-likeness (QED) is 0.856. The highest BCUT2D eigenvalue weighted by atomic mass is 16.5. The van der Waals surface area contributed by atoms with Gasteiger partial charge in [0.25, 0.3) is 5.91 Å². The predicted molar refractivity (Wildman–Crippen MR) is 109 cm³/mol. The Hall–Kier alpha value is -2.86. The maximum atomic E-state index is 12.9. The van der Waals surface area contributed by atoms with E-state index < -0.39 is 0 Å². The lowest BCUT2D eigenvalue weighted by Crippen LogP contribution is -2.41. The van der Waals surface area contributed by atoms with E-state index in [9.17, 15) is 9.59 Å². The molecule has 0 aromatic heterocycles. The Morgan fingerprint density at radius 3 is 2.61 bits per heavy atom. The van der Waals surface area contributed by atoms with Crippen LogP contribution in [0.2, 0.25) is 0 Å². The normalized spacial score (nSPS) is 16.9. The van der Waals surface area contributed by atoms with E-state index in [1.54, 1.807) is 0 Å². The predicted octanol–water partition coefficient (Wildman–Crippen LogP) is 3.58. The van der Waals surface area contributed by atoms with Crippen molar-refractivity contribution in [3.8, 4) is 0 Å². The van der Waals surface area contributed by atoms with Crippen molar-refractivity contribution in [1.82, 2.24) is 5.32 Å². The third kappa shape index (κ3) is 4.17. The van der Waals surface area contributed by atoms with Crippen LogP contribution in [0.4, 0.5) is 16.2 Å². The monoisotopic (exact) mass is 379 g/mol. The summed E-state index contributed by atoms with van der Waals surface area (Å²) in [5, 5.41) is 5.92. The van der Waals surface area contributed by atoms with Crippen molar-refractivity contribution in [1.29, 1.82) is 0 Å². The van der Waals surface area contributed by atoms with Gasteiger partial charge < -0.3 is 20.3 Å². The number of fused-ring (bicyclic) bond motifs is 1. The van der Waals surface area contributed by atoms with Crippen molar-refractivity contribution in [2.45, 2.75) is 31.7 Å². The van der Waals surface area contributed by atoms with Crippen molar-refractivity contribution >= 4 is 23.3 Å². The molecule has 1 fully saturated rings. The first-order chi connectivity index (χ1) is 13.7. The molecule has 2 aliphatic heterocycles. The van der Waals surface area contributed by atoms with E-state index in [1.807, 2.05) is 53.4 Å². The van der Waals surface area contributed by atoms with Crippen LogP contribution in [0, 0.1) is 0 Å².